The van der Waals surface area contributed by atoms with Gasteiger partial charge in [-0.1, -0.05) is 0 Å². The molecule has 0 radical (unpaired) electrons. The number of rotatable bonds is 4. The van der Waals surface area contributed by atoms with E-state index in [1.54, 1.807) is 0 Å². The van der Waals surface area contributed by atoms with Gasteiger partial charge in [0.1, 0.15) is 17.3 Å². The zero-order valence-corrected chi connectivity index (χ0v) is 10.5. The van der Waals surface area contributed by atoms with Crippen LogP contribution in [0.5, 0.6) is 17.2 Å². The average Bonchev–Trinajstić information content (AvgIpc) is 2.40. The maximum atomic E-state index is 12.0. The van der Waals surface area contributed by atoms with Crippen LogP contribution in [0.15, 0.2) is 42.7 Å². The number of benzene rings is 1. The molecule has 1 aromatic heterocycles. The highest BCUT2D eigenvalue weighted by atomic mass is 19.4. The molecule has 0 saturated heterocycles. The summed E-state index contributed by atoms with van der Waals surface area (Å²) >= 11 is 0. The molecule has 0 aliphatic carbocycles. The maximum Gasteiger partial charge on any atom is 0.573 e. The first kappa shape index (κ1) is 14.6. The van der Waals surface area contributed by atoms with Crippen molar-refractivity contribution in [3.8, 4) is 17.2 Å². The Bertz CT molecular complexity index is 642. The van der Waals surface area contributed by atoms with Gasteiger partial charge in [0, 0.05) is 6.20 Å². The fraction of sp³-hybridized carbons (Fsp3) is 0.0769. The Labute approximate surface area is 117 Å². The standard InChI is InChI=1S/C13H10F3N3O2/c14-13(15,16)21-9-3-1-8(2-4-9)20-11-7-19-6-5-10(11)12(17)18/h1-7H,(H3,17,18). The number of ether oxygens (including phenoxy) is 2. The molecule has 2 rings (SSSR count). The van der Waals surface area contributed by atoms with Gasteiger partial charge in [0.25, 0.3) is 0 Å². The summed E-state index contributed by atoms with van der Waals surface area (Å²) in [4.78, 5) is 3.84. The van der Waals surface area contributed by atoms with Crippen LogP contribution in [-0.4, -0.2) is 17.2 Å². The lowest BCUT2D eigenvalue weighted by atomic mass is 10.2. The van der Waals surface area contributed by atoms with Crippen molar-refractivity contribution in [3.05, 3.63) is 48.3 Å². The molecule has 110 valence electrons. The van der Waals surface area contributed by atoms with Crippen molar-refractivity contribution in [1.29, 1.82) is 5.41 Å². The molecule has 21 heavy (non-hydrogen) atoms. The van der Waals surface area contributed by atoms with Gasteiger partial charge in [0.2, 0.25) is 0 Å². The van der Waals surface area contributed by atoms with Crippen LogP contribution >= 0.6 is 0 Å². The predicted octanol–water partition coefficient (Wildman–Crippen LogP) is 3.06. The summed E-state index contributed by atoms with van der Waals surface area (Å²) < 4.78 is 45.3. The van der Waals surface area contributed by atoms with E-state index in [1.807, 2.05) is 0 Å². The fourth-order valence-corrected chi connectivity index (χ4v) is 1.52. The van der Waals surface area contributed by atoms with Crippen LogP contribution in [0, 0.1) is 5.41 Å². The van der Waals surface area contributed by atoms with Crippen molar-refractivity contribution in [2.45, 2.75) is 6.36 Å². The molecule has 3 N–H and O–H groups in total. The van der Waals surface area contributed by atoms with Gasteiger partial charge in [0.15, 0.2) is 5.75 Å². The Kier molecular flexibility index (Phi) is 3.97. The minimum atomic E-state index is -4.74. The molecule has 0 bridgehead atoms. The van der Waals surface area contributed by atoms with Crippen molar-refractivity contribution in [2.24, 2.45) is 5.73 Å². The number of amidine groups is 1. The average molecular weight is 297 g/mol. The normalized spacial score (nSPS) is 11.0. The predicted molar refractivity (Wildman–Crippen MR) is 68.5 cm³/mol. The fourth-order valence-electron chi connectivity index (χ4n) is 1.52. The summed E-state index contributed by atoms with van der Waals surface area (Å²) in [7, 11) is 0. The van der Waals surface area contributed by atoms with Crippen LogP contribution in [0.25, 0.3) is 0 Å². The SMILES string of the molecule is N=C(N)c1ccncc1Oc1ccc(OC(F)(F)F)cc1. The summed E-state index contributed by atoms with van der Waals surface area (Å²) in [6.07, 6.45) is -1.94. The van der Waals surface area contributed by atoms with Crippen LogP contribution in [-0.2, 0) is 0 Å². The van der Waals surface area contributed by atoms with Crippen molar-refractivity contribution in [1.82, 2.24) is 4.98 Å². The zero-order chi connectivity index (χ0) is 15.5. The highest BCUT2D eigenvalue weighted by molar-refractivity contribution is 5.97. The van der Waals surface area contributed by atoms with Crippen molar-refractivity contribution in [2.75, 3.05) is 0 Å². The second-order valence-electron chi connectivity index (χ2n) is 3.91. The van der Waals surface area contributed by atoms with Gasteiger partial charge in [-0.3, -0.25) is 10.4 Å². The van der Waals surface area contributed by atoms with Gasteiger partial charge in [-0.25, -0.2) is 0 Å². The number of hydrogen-bond donors (Lipinski definition) is 2. The number of hydrogen-bond acceptors (Lipinski definition) is 4. The van der Waals surface area contributed by atoms with Gasteiger partial charge in [-0.2, -0.15) is 0 Å². The van der Waals surface area contributed by atoms with Gasteiger partial charge in [-0.15, -0.1) is 13.2 Å². The first-order chi connectivity index (χ1) is 9.85. The number of pyridine rings is 1. The second-order valence-corrected chi connectivity index (χ2v) is 3.91. The van der Waals surface area contributed by atoms with Crippen LogP contribution in [0.3, 0.4) is 0 Å². The molecular weight excluding hydrogens is 287 g/mol. The molecule has 1 heterocycles. The largest absolute Gasteiger partial charge is 0.573 e. The molecule has 0 saturated carbocycles. The second kappa shape index (κ2) is 5.70. The lowest BCUT2D eigenvalue weighted by Gasteiger charge is -2.11. The minimum Gasteiger partial charge on any atom is -0.455 e. The van der Waals surface area contributed by atoms with E-state index < -0.39 is 6.36 Å². The Morgan fingerprint density at radius 2 is 1.71 bits per heavy atom. The van der Waals surface area contributed by atoms with E-state index in [0.717, 1.165) is 12.1 Å². The molecule has 5 nitrogen and oxygen atoms in total. The highest BCUT2D eigenvalue weighted by Crippen LogP contribution is 2.28. The number of alkyl halides is 3. The maximum absolute atomic E-state index is 12.0. The summed E-state index contributed by atoms with van der Waals surface area (Å²) in [6, 6.07) is 6.34. The molecule has 0 unspecified atom stereocenters. The zero-order valence-electron chi connectivity index (χ0n) is 10.5. The molecule has 8 heteroatoms. The lowest BCUT2D eigenvalue weighted by molar-refractivity contribution is -0.274. The number of nitrogens with one attached hydrogen (secondary N) is 1. The highest BCUT2D eigenvalue weighted by Gasteiger charge is 2.30. The lowest BCUT2D eigenvalue weighted by Crippen LogP contribution is -2.16. The van der Waals surface area contributed by atoms with Crippen LogP contribution in [0.2, 0.25) is 0 Å². The Morgan fingerprint density at radius 3 is 2.29 bits per heavy atom. The van der Waals surface area contributed by atoms with Crippen LogP contribution in [0.4, 0.5) is 13.2 Å². The number of halogens is 3. The molecule has 0 aliphatic rings. The van der Waals surface area contributed by atoms with E-state index >= 15 is 0 Å². The molecule has 2 aromatic rings. The Balaban J connectivity index is 2.16. The van der Waals surface area contributed by atoms with Crippen LogP contribution < -0.4 is 15.2 Å². The molecule has 0 atom stereocenters. The quantitative estimate of drug-likeness (QED) is 0.671. The van der Waals surface area contributed by atoms with Gasteiger partial charge >= 0.3 is 6.36 Å². The Hall–Kier alpha value is -2.77. The van der Waals surface area contributed by atoms with E-state index in [9.17, 15) is 13.2 Å². The summed E-state index contributed by atoms with van der Waals surface area (Å²) in [5, 5.41) is 7.40. The first-order valence-electron chi connectivity index (χ1n) is 5.67. The summed E-state index contributed by atoms with van der Waals surface area (Å²) in [5.41, 5.74) is 5.73. The van der Waals surface area contributed by atoms with Crippen molar-refractivity contribution < 1.29 is 22.6 Å². The first-order valence-corrected chi connectivity index (χ1v) is 5.67. The summed E-state index contributed by atoms with van der Waals surface area (Å²) in [6.45, 7) is 0. The third-order valence-corrected chi connectivity index (χ3v) is 2.36. The topological polar surface area (TPSA) is 81.2 Å². The van der Waals surface area contributed by atoms with E-state index in [0.29, 0.717) is 5.56 Å². The van der Waals surface area contributed by atoms with Gasteiger partial charge < -0.3 is 15.2 Å². The minimum absolute atomic E-state index is 0.204. The molecular formula is C13H10F3N3O2. The third kappa shape index (κ3) is 4.10. The molecule has 1 aromatic carbocycles. The van der Waals surface area contributed by atoms with E-state index in [4.69, 9.17) is 15.9 Å². The monoisotopic (exact) mass is 297 g/mol. The van der Waals surface area contributed by atoms with Crippen molar-refractivity contribution in [3.63, 3.8) is 0 Å². The molecule has 0 fully saturated rings. The molecule has 0 spiro atoms. The van der Waals surface area contributed by atoms with Crippen molar-refractivity contribution >= 4 is 5.84 Å². The summed E-state index contributed by atoms with van der Waals surface area (Å²) in [5.74, 6) is -0.0632. The molecule has 0 aliphatic heterocycles. The Morgan fingerprint density at radius 1 is 1.10 bits per heavy atom. The van der Waals surface area contributed by atoms with E-state index in [1.165, 1.54) is 30.6 Å². The number of nitrogen functional groups attached to an aromatic ring is 1. The van der Waals surface area contributed by atoms with E-state index in [2.05, 4.69) is 9.72 Å². The number of nitrogens with zero attached hydrogens (tertiary/aromatic N) is 1. The van der Waals surface area contributed by atoms with Gasteiger partial charge in [0.05, 0.1) is 11.8 Å². The third-order valence-electron chi connectivity index (χ3n) is 2.36. The van der Waals surface area contributed by atoms with E-state index in [-0.39, 0.29) is 23.1 Å². The molecule has 0 amide bonds. The number of aromatic nitrogens is 1. The smallest absolute Gasteiger partial charge is 0.455 e. The number of nitrogens with two attached hydrogens (primary N) is 1. The van der Waals surface area contributed by atoms with Gasteiger partial charge in [-0.05, 0) is 30.3 Å². The van der Waals surface area contributed by atoms with Crippen LogP contribution in [0.1, 0.15) is 5.56 Å².